The summed E-state index contributed by atoms with van der Waals surface area (Å²) in [4.78, 5) is 0. The summed E-state index contributed by atoms with van der Waals surface area (Å²) in [5.41, 5.74) is 5.27. The number of methoxy groups -OCH3 is 2. The Morgan fingerprint density at radius 1 is 1.00 bits per heavy atom. The van der Waals surface area contributed by atoms with E-state index in [1.165, 1.54) is 11.1 Å². The molecule has 1 aliphatic rings. The lowest BCUT2D eigenvalue weighted by Gasteiger charge is -2.12. The molecule has 4 rings (SSSR count). The van der Waals surface area contributed by atoms with Gasteiger partial charge in [0.15, 0.2) is 0 Å². The zero-order valence-corrected chi connectivity index (χ0v) is 14.7. The second-order valence-corrected chi connectivity index (χ2v) is 6.09. The standard InChI is InChI=1S/C20H21N3O2/c1-13-7-4-5-8-15(13)23-20-14(11-12-21-20)19(22-23)18-16(24-2)9-6-10-17(18)25-3/h4-10,21H,11-12H2,1-3H3. The molecule has 128 valence electrons. The Morgan fingerprint density at radius 2 is 1.72 bits per heavy atom. The Balaban J connectivity index is 1.98. The van der Waals surface area contributed by atoms with Crippen LogP contribution in [0.4, 0.5) is 5.82 Å². The van der Waals surface area contributed by atoms with Crippen LogP contribution in [0.1, 0.15) is 11.1 Å². The summed E-state index contributed by atoms with van der Waals surface area (Å²) in [5.74, 6) is 2.59. The number of fused-ring (bicyclic) bond motifs is 1. The fraction of sp³-hybridized carbons (Fsp3) is 0.250. The first kappa shape index (κ1) is 15.6. The molecule has 0 amide bonds. The van der Waals surface area contributed by atoms with Gasteiger partial charge in [0.1, 0.15) is 23.0 Å². The van der Waals surface area contributed by atoms with Crippen molar-refractivity contribution in [2.24, 2.45) is 0 Å². The van der Waals surface area contributed by atoms with Gasteiger partial charge in [-0.25, -0.2) is 4.68 Å². The molecule has 1 aliphatic heterocycles. The van der Waals surface area contributed by atoms with Crippen molar-refractivity contribution >= 4 is 5.82 Å². The second-order valence-electron chi connectivity index (χ2n) is 6.09. The van der Waals surface area contributed by atoms with Gasteiger partial charge in [-0.15, -0.1) is 0 Å². The predicted octanol–water partition coefficient (Wildman–Crippen LogP) is 3.83. The monoisotopic (exact) mass is 335 g/mol. The summed E-state index contributed by atoms with van der Waals surface area (Å²) in [6.45, 7) is 3.01. The van der Waals surface area contributed by atoms with Crippen LogP contribution in [0.2, 0.25) is 0 Å². The minimum Gasteiger partial charge on any atom is -0.496 e. The Kier molecular flexibility index (Phi) is 3.84. The van der Waals surface area contributed by atoms with Crippen LogP contribution in [0, 0.1) is 6.92 Å². The van der Waals surface area contributed by atoms with Crippen LogP contribution >= 0.6 is 0 Å². The molecule has 2 heterocycles. The van der Waals surface area contributed by atoms with E-state index in [2.05, 4.69) is 24.4 Å². The molecule has 25 heavy (non-hydrogen) atoms. The van der Waals surface area contributed by atoms with Crippen molar-refractivity contribution in [2.45, 2.75) is 13.3 Å². The van der Waals surface area contributed by atoms with Crippen molar-refractivity contribution in [2.75, 3.05) is 26.1 Å². The van der Waals surface area contributed by atoms with Crippen molar-refractivity contribution in [3.8, 4) is 28.4 Å². The third-order valence-corrected chi connectivity index (χ3v) is 4.66. The van der Waals surface area contributed by atoms with Crippen LogP contribution in [-0.2, 0) is 6.42 Å². The molecule has 0 radical (unpaired) electrons. The van der Waals surface area contributed by atoms with Gasteiger partial charge in [-0.2, -0.15) is 5.10 Å². The smallest absolute Gasteiger partial charge is 0.133 e. The number of hydrogen-bond acceptors (Lipinski definition) is 4. The molecule has 0 fully saturated rings. The fourth-order valence-corrected chi connectivity index (χ4v) is 3.44. The van der Waals surface area contributed by atoms with Crippen molar-refractivity contribution in [3.05, 3.63) is 53.6 Å². The van der Waals surface area contributed by atoms with E-state index >= 15 is 0 Å². The minimum absolute atomic E-state index is 0.767. The van der Waals surface area contributed by atoms with Gasteiger partial charge >= 0.3 is 0 Å². The molecule has 0 aliphatic carbocycles. The highest BCUT2D eigenvalue weighted by Crippen LogP contribution is 2.43. The molecular formula is C20H21N3O2. The number of aryl methyl sites for hydroxylation is 1. The summed E-state index contributed by atoms with van der Waals surface area (Å²) >= 11 is 0. The van der Waals surface area contributed by atoms with E-state index in [1.54, 1.807) is 14.2 Å². The van der Waals surface area contributed by atoms with Crippen LogP contribution in [0.5, 0.6) is 11.5 Å². The van der Waals surface area contributed by atoms with Gasteiger partial charge in [-0.1, -0.05) is 24.3 Å². The average Bonchev–Trinajstić information content (AvgIpc) is 3.24. The summed E-state index contributed by atoms with van der Waals surface area (Å²) in [7, 11) is 3.35. The lowest BCUT2D eigenvalue weighted by Crippen LogP contribution is -2.05. The van der Waals surface area contributed by atoms with E-state index in [0.29, 0.717) is 0 Å². The first-order chi connectivity index (χ1) is 12.2. The number of nitrogens with zero attached hydrogens (tertiary/aromatic N) is 2. The van der Waals surface area contributed by atoms with E-state index in [4.69, 9.17) is 14.6 Å². The van der Waals surface area contributed by atoms with Crippen molar-refractivity contribution in [3.63, 3.8) is 0 Å². The van der Waals surface area contributed by atoms with Gasteiger partial charge in [0.2, 0.25) is 0 Å². The van der Waals surface area contributed by atoms with Gasteiger partial charge in [0, 0.05) is 12.1 Å². The normalized spacial score (nSPS) is 12.6. The minimum atomic E-state index is 0.767. The summed E-state index contributed by atoms with van der Waals surface area (Å²) in [6, 6.07) is 14.1. The van der Waals surface area contributed by atoms with Gasteiger partial charge in [-0.05, 0) is 37.1 Å². The number of hydrogen-bond donors (Lipinski definition) is 1. The van der Waals surface area contributed by atoms with Crippen LogP contribution in [0.3, 0.4) is 0 Å². The molecule has 5 nitrogen and oxygen atoms in total. The number of para-hydroxylation sites is 1. The lowest BCUT2D eigenvalue weighted by atomic mass is 10.0. The Morgan fingerprint density at radius 3 is 2.40 bits per heavy atom. The first-order valence-corrected chi connectivity index (χ1v) is 8.37. The summed E-state index contributed by atoms with van der Waals surface area (Å²) in [5, 5.41) is 8.42. The Bertz CT molecular complexity index is 908. The third kappa shape index (κ3) is 2.43. The zero-order valence-electron chi connectivity index (χ0n) is 14.7. The maximum Gasteiger partial charge on any atom is 0.133 e. The number of anilines is 1. The SMILES string of the molecule is COc1cccc(OC)c1-c1nn(-c2ccccc2C)c2c1CCN2. The highest BCUT2D eigenvalue weighted by molar-refractivity contribution is 5.81. The third-order valence-electron chi connectivity index (χ3n) is 4.66. The van der Waals surface area contributed by atoms with Crippen molar-refractivity contribution in [1.82, 2.24) is 9.78 Å². The molecule has 1 aromatic heterocycles. The van der Waals surface area contributed by atoms with Crippen LogP contribution in [-0.4, -0.2) is 30.5 Å². The zero-order chi connectivity index (χ0) is 17.4. The molecule has 0 atom stereocenters. The van der Waals surface area contributed by atoms with Crippen molar-refractivity contribution in [1.29, 1.82) is 0 Å². The molecule has 0 saturated carbocycles. The number of ether oxygens (including phenoxy) is 2. The molecule has 3 aromatic rings. The quantitative estimate of drug-likeness (QED) is 0.787. The average molecular weight is 335 g/mol. The topological polar surface area (TPSA) is 48.3 Å². The van der Waals surface area contributed by atoms with E-state index in [0.717, 1.165) is 47.2 Å². The largest absolute Gasteiger partial charge is 0.496 e. The maximum atomic E-state index is 5.59. The van der Waals surface area contributed by atoms with Crippen LogP contribution < -0.4 is 14.8 Å². The molecule has 0 saturated heterocycles. The number of benzene rings is 2. The molecule has 0 spiro atoms. The fourth-order valence-electron chi connectivity index (χ4n) is 3.44. The van der Waals surface area contributed by atoms with Crippen LogP contribution in [0.25, 0.3) is 16.9 Å². The highest BCUT2D eigenvalue weighted by atomic mass is 16.5. The van der Waals surface area contributed by atoms with E-state index in [-0.39, 0.29) is 0 Å². The summed E-state index contributed by atoms with van der Waals surface area (Å²) in [6.07, 6.45) is 0.928. The van der Waals surface area contributed by atoms with E-state index in [1.807, 2.05) is 35.0 Å². The first-order valence-electron chi connectivity index (χ1n) is 8.37. The van der Waals surface area contributed by atoms with Crippen molar-refractivity contribution < 1.29 is 9.47 Å². The Labute approximate surface area is 147 Å². The highest BCUT2D eigenvalue weighted by Gasteiger charge is 2.27. The number of aromatic nitrogens is 2. The van der Waals surface area contributed by atoms with E-state index in [9.17, 15) is 0 Å². The lowest BCUT2D eigenvalue weighted by molar-refractivity contribution is 0.397. The summed E-state index contributed by atoms with van der Waals surface area (Å²) < 4.78 is 13.2. The molecule has 5 heteroatoms. The molecule has 0 bridgehead atoms. The predicted molar refractivity (Wildman–Crippen MR) is 99.0 cm³/mol. The van der Waals surface area contributed by atoms with Crippen LogP contribution in [0.15, 0.2) is 42.5 Å². The molecule has 0 unspecified atom stereocenters. The molecular weight excluding hydrogens is 314 g/mol. The van der Waals surface area contributed by atoms with E-state index < -0.39 is 0 Å². The van der Waals surface area contributed by atoms with Gasteiger partial charge in [0.05, 0.1) is 25.5 Å². The maximum absolute atomic E-state index is 5.59. The van der Waals surface area contributed by atoms with Gasteiger partial charge in [-0.3, -0.25) is 0 Å². The molecule has 1 N–H and O–H groups in total. The Hall–Kier alpha value is -2.95. The van der Waals surface area contributed by atoms with Gasteiger partial charge in [0.25, 0.3) is 0 Å². The number of rotatable bonds is 4. The molecule has 2 aromatic carbocycles. The second kappa shape index (κ2) is 6.16. The number of nitrogens with one attached hydrogen (secondary N) is 1. The van der Waals surface area contributed by atoms with Gasteiger partial charge < -0.3 is 14.8 Å².